The third-order valence-electron chi connectivity index (χ3n) is 4.11. The molecule has 0 aliphatic carbocycles. The van der Waals surface area contributed by atoms with Crippen molar-refractivity contribution in [2.24, 2.45) is 0 Å². The summed E-state index contributed by atoms with van der Waals surface area (Å²) in [6.07, 6.45) is 0. The molecule has 0 aliphatic rings. The molecular weight excluding hydrogens is 352 g/mol. The Bertz CT molecular complexity index is 883. The van der Waals surface area contributed by atoms with Gasteiger partial charge in [-0.25, -0.2) is 0 Å². The Kier molecular flexibility index (Phi) is 6.13. The second-order valence-electron chi connectivity index (χ2n) is 6.18. The lowest BCUT2D eigenvalue weighted by molar-refractivity contribution is -0.0494. The van der Waals surface area contributed by atoms with Crippen molar-refractivity contribution in [3.8, 4) is 17.1 Å². The van der Waals surface area contributed by atoms with E-state index in [4.69, 9.17) is 4.52 Å². The minimum Gasteiger partial charge on any atom is -0.434 e. The molecule has 1 heterocycles. The molecule has 3 rings (SSSR count). The van der Waals surface area contributed by atoms with E-state index in [1.165, 1.54) is 17.2 Å². The fraction of sp³-hybridized carbons (Fsp3) is 0.300. The standard InChI is InChI=1S/C20H21F2N3O2/c1-3-25(12-15-8-6-7-14(2)11-15)13-18-23-19(24-27-18)16-9-4-5-10-17(16)26-20(21)22/h4-11,20H,3,12-13H2,1-2H3. The van der Waals surface area contributed by atoms with Crippen molar-refractivity contribution in [2.75, 3.05) is 6.54 Å². The van der Waals surface area contributed by atoms with E-state index in [-0.39, 0.29) is 11.6 Å². The Morgan fingerprint density at radius 1 is 1.11 bits per heavy atom. The van der Waals surface area contributed by atoms with E-state index < -0.39 is 6.61 Å². The van der Waals surface area contributed by atoms with Crippen LogP contribution >= 0.6 is 0 Å². The fourth-order valence-corrected chi connectivity index (χ4v) is 2.82. The van der Waals surface area contributed by atoms with Gasteiger partial charge in [-0.3, -0.25) is 4.90 Å². The number of benzene rings is 2. The summed E-state index contributed by atoms with van der Waals surface area (Å²) in [4.78, 5) is 6.51. The van der Waals surface area contributed by atoms with Crippen molar-refractivity contribution in [1.82, 2.24) is 15.0 Å². The number of halogens is 2. The summed E-state index contributed by atoms with van der Waals surface area (Å²) in [7, 11) is 0. The van der Waals surface area contributed by atoms with Crippen LogP contribution in [0.2, 0.25) is 0 Å². The minimum absolute atomic E-state index is 0.0203. The molecule has 0 unspecified atom stereocenters. The molecule has 3 aromatic rings. The molecule has 0 amide bonds. The van der Waals surface area contributed by atoms with Gasteiger partial charge in [-0.1, -0.05) is 54.0 Å². The van der Waals surface area contributed by atoms with Crippen molar-refractivity contribution < 1.29 is 18.0 Å². The number of alkyl halides is 2. The van der Waals surface area contributed by atoms with Gasteiger partial charge in [0.15, 0.2) is 0 Å². The van der Waals surface area contributed by atoms with Crippen molar-refractivity contribution in [1.29, 1.82) is 0 Å². The van der Waals surface area contributed by atoms with Crippen LogP contribution in [0.3, 0.4) is 0 Å². The van der Waals surface area contributed by atoms with Crippen LogP contribution in [0.1, 0.15) is 23.9 Å². The maximum absolute atomic E-state index is 12.6. The first kappa shape index (κ1) is 19.0. The molecule has 0 bridgehead atoms. The molecule has 142 valence electrons. The molecule has 0 aliphatic heterocycles. The van der Waals surface area contributed by atoms with Gasteiger partial charge in [-0.15, -0.1) is 0 Å². The van der Waals surface area contributed by atoms with Crippen LogP contribution in [0.4, 0.5) is 8.78 Å². The van der Waals surface area contributed by atoms with Crippen LogP contribution < -0.4 is 4.74 Å². The normalized spacial score (nSPS) is 11.3. The molecule has 0 N–H and O–H groups in total. The highest BCUT2D eigenvalue weighted by molar-refractivity contribution is 5.63. The van der Waals surface area contributed by atoms with E-state index in [9.17, 15) is 8.78 Å². The molecule has 1 aromatic heterocycles. The van der Waals surface area contributed by atoms with Gasteiger partial charge in [0, 0.05) is 6.54 Å². The average molecular weight is 373 g/mol. The monoisotopic (exact) mass is 373 g/mol. The van der Waals surface area contributed by atoms with Crippen LogP contribution in [-0.4, -0.2) is 28.2 Å². The fourth-order valence-electron chi connectivity index (χ4n) is 2.82. The van der Waals surface area contributed by atoms with Crippen molar-refractivity contribution >= 4 is 0 Å². The van der Waals surface area contributed by atoms with E-state index in [1.807, 2.05) is 6.07 Å². The molecule has 2 aromatic carbocycles. The summed E-state index contributed by atoms with van der Waals surface area (Å²) >= 11 is 0. The molecule has 0 saturated heterocycles. The Morgan fingerprint density at radius 3 is 2.67 bits per heavy atom. The quantitative estimate of drug-likeness (QED) is 0.574. The predicted octanol–water partition coefficient (Wildman–Crippen LogP) is 4.67. The number of rotatable bonds is 8. The molecule has 0 fully saturated rings. The maximum atomic E-state index is 12.6. The van der Waals surface area contributed by atoms with Gasteiger partial charge in [0.25, 0.3) is 0 Å². The second kappa shape index (κ2) is 8.73. The predicted molar refractivity (Wildman–Crippen MR) is 97.3 cm³/mol. The Labute approximate surface area is 156 Å². The van der Waals surface area contributed by atoms with E-state index in [2.05, 4.69) is 51.8 Å². The van der Waals surface area contributed by atoms with Crippen LogP contribution in [0.25, 0.3) is 11.4 Å². The first-order chi connectivity index (χ1) is 13.0. The first-order valence-electron chi connectivity index (χ1n) is 8.70. The lowest BCUT2D eigenvalue weighted by Gasteiger charge is -2.18. The number of hydrogen-bond donors (Lipinski definition) is 0. The zero-order chi connectivity index (χ0) is 19.2. The molecule has 5 nitrogen and oxygen atoms in total. The van der Waals surface area contributed by atoms with Crippen LogP contribution in [0.5, 0.6) is 5.75 Å². The van der Waals surface area contributed by atoms with Crippen molar-refractivity contribution in [3.05, 3.63) is 65.5 Å². The molecule has 7 heteroatoms. The molecule has 0 spiro atoms. The second-order valence-corrected chi connectivity index (χ2v) is 6.18. The van der Waals surface area contributed by atoms with E-state index in [0.717, 1.165) is 13.1 Å². The highest BCUT2D eigenvalue weighted by Crippen LogP contribution is 2.29. The number of hydrogen-bond acceptors (Lipinski definition) is 5. The van der Waals surface area contributed by atoms with Gasteiger partial charge in [-0.05, 0) is 31.2 Å². The summed E-state index contributed by atoms with van der Waals surface area (Å²) in [6.45, 7) is 3.22. The van der Waals surface area contributed by atoms with Gasteiger partial charge in [0.05, 0.1) is 12.1 Å². The van der Waals surface area contributed by atoms with E-state index in [1.54, 1.807) is 18.2 Å². The molecule has 27 heavy (non-hydrogen) atoms. The van der Waals surface area contributed by atoms with Crippen molar-refractivity contribution in [3.63, 3.8) is 0 Å². The maximum Gasteiger partial charge on any atom is 0.387 e. The lowest BCUT2D eigenvalue weighted by Crippen LogP contribution is -2.22. The average Bonchev–Trinajstić information content (AvgIpc) is 3.09. The van der Waals surface area contributed by atoms with Crippen LogP contribution in [0, 0.1) is 6.92 Å². The van der Waals surface area contributed by atoms with Crippen LogP contribution in [0.15, 0.2) is 53.1 Å². The zero-order valence-corrected chi connectivity index (χ0v) is 15.2. The number of para-hydroxylation sites is 1. The Morgan fingerprint density at radius 2 is 1.93 bits per heavy atom. The topological polar surface area (TPSA) is 51.4 Å². The summed E-state index contributed by atoms with van der Waals surface area (Å²) < 4.78 is 35.0. The lowest BCUT2D eigenvalue weighted by atomic mass is 10.1. The van der Waals surface area contributed by atoms with Gasteiger partial charge < -0.3 is 9.26 Å². The minimum atomic E-state index is -2.91. The number of nitrogens with zero attached hydrogens (tertiary/aromatic N) is 3. The van der Waals surface area contributed by atoms with Crippen LogP contribution in [-0.2, 0) is 13.1 Å². The smallest absolute Gasteiger partial charge is 0.387 e. The summed E-state index contributed by atoms with van der Waals surface area (Å²) in [5, 5.41) is 3.93. The zero-order valence-electron chi connectivity index (χ0n) is 15.2. The number of ether oxygens (including phenoxy) is 1. The molecular formula is C20H21F2N3O2. The third-order valence-corrected chi connectivity index (χ3v) is 4.11. The van der Waals surface area contributed by atoms with Gasteiger partial charge >= 0.3 is 6.61 Å². The first-order valence-corrected chi connectivity index (χ1v) is 8.70. The molecule has 0 saturated carbocycles. The third kappa shape index (κ3) is 5.10. The van der Waals surface area contributed by atoms with Gasteiger partial charge in [0.1, 0.15) is 5.75 Å². The Hall–Kier alpha value is -2.80. The highest BCUT2D eigenvalue weighted by atomic mass is 19.3. The summed E-state index contributed by atoms with van der Waals surface area (Å²) in [6, 6.07) is 14.7. The van der Waals surface area contributed by atoms with E-state index >= 15 is 0 Å². The van der Waals surface area contributed by atoms with Gasteiger partial charge in [-0.2, -0.15) is 13.8 Å². The molecule has 0 radical (unpaired) electrons. The summed E-state index contributed by atoms with van der Waals surface area (Å²) in [5.74, 6) is 0.672. The summed E-state index contributed by atoms with van der Waals surface area (Å²) in [5.41, 5.74) is 2.78. The number of aromatic nitrogens is 2. The van der Waals surface area contributed by atoms with E-state index in [0.29, 0.717) is 18.0 Å². The highest BCUT2D eigenvalue weighted by Gasteiger charge is 2.17. The Balaban J connectivity index is 1.73. The largest absolute Gasteiger partial charge is 0.434 e. The number of aryl methyl sites for hydroxylation is 1. The SMILES string of the molecule is CCN(Cc1cccc(C)c1)Cc1nc(-c2ccccc2OC(F)F)no1. The molecule has 0 atom stereocenters. The van der Waals surface area contributed by atoms with Crippen molar-refractivity contribution in [2.45, 2.75) is 33.5 Å². The van der Waals surface area contributed by atoms with Gasteiger partial charge in [0.2, 0.25) is 11.7 Å².